The molecule has 0 saturated heterocycles. The van der Waals surface area contributed by atoms with Crippen molar-refractivity contribution >= 4 is 7.60 Å². The lowest BCUT2D eigenvalue weighted by Crippen LogP contribution is -2.50. The van der Waals surface area contributed by atoms with E-state index in [9.17, 15) is 0 Å². The van der Waals surface area contributed by atoms with Crippen LogP contribution in [0.3, 0.4) is 0 Å². The predicted octanol–water partition coefficient (Wildman–Crippen LogP) is -2.94. The molecule has 108 valence electrons. The van der Waals surface area contributed by atoms with Crippen molar-refractivity contribution in [3.05, 3.63) is 0 Å². The second kappa shape index (κ2) is 18.4. The Morgan fingerprint density at radius 2 is 1.24 bits per heavy atom. The highest BCUT2D eigenvalue weighted by Gasteiger charge is 1.77. The van der Waals surface area contributed by atoms with E-state index in [1.165, 1.54) is 0 Å². The predicted molar refractivity (Wildman–Crippen MR) is 62.0 cm³/mol. The smallest absolute Gasteiger partial charge is 0.0762 e. The molecule has 17 heavy (non-hydrogen) atoms. The van der Waals surface area contributed by atoms with Gasteiger partial charge in [-0.15, -0.1) is 0 Å². The van der Waals surface area contributed by atoms with Gasteiger partial charge in [0.25, 0.3) is 0 Å². The zero-order valence-corrected chi connectivity index (χ0v) is 12.0. The molecular formula is C9H27N2O5P. The van der Waals surface area contributed by atoms with Crippen LogP contribution in [0.25, 0.3) is 0 Å². The molecule has 0 saturated carbocycles. The Hall–Kier alpha value is -0.0100. The van der Waals surface area contributed by atoms with Gasteiger partial charge in [-0.25, -0.2) is 0 Å². The van der Waals surface area contributed by atoms with Crippen LogP contribution in [0.5, 0.6) is 0 Å². The lowest BCUT2D eigenvalue weighted by molar-refractivity contribution is -0.369. The molecular weight excluding hydrogens is 247 g/mol. The van der Waals surface area contributed by atoms with Crippen molar-refractivity contribution in [2.75, 3.05) is 47.2 Å². The van der Waals surface area contributed by atoms with E-state index < -0.39 is 7.60 Å². The fourth-order valence-corrected chi connectivity index (χ4v) is 0.493. The highest BCUT2D eigenvalue weighted by atomic mass is 31.2. The van der Waals surface area contributed by atoms with E-state index in [0.717, 1.165) is 39.1 Å². The zero-order valence-electron chi connectivity index (χ0n) is 11.1. The van der Waals surface area contributed by atoms with E-state index in [2.05, 4.69) is 11.5 Å². The van der Waals surface area contributed by atoms with Gasteiger partial charge in [0.1, 0.15) is 0 Å². The third-order valence-corrected chi connectivity index (χ3v) is 1.20. The molecule has 0 amide bonds. The molecule has 0 radical (unpaired) electrons. The molecule has 0 bridgehead atoms. The number of quaternary nitrogens is 2. The Labute approximate surface area is 104 Å². The first-order chi connectivity index (χ1) is 7.83. The first-order valence-electron chi connectivity index (χ1n) is 5.39. The minimum atomic E-state index is -4.14. The van der Waals surface area contributed by atoms with Gasteiger partial charge in [0.15, 0.2) is 0 Å². The normalized spacial score (nSPS) is 9.82. The van der Waals surface area contributed by atoms with Crippen molar-refractivity contribution in [3.63, 3.8) is 0 Å². The third-order valence-electron chi connectivity index (χ3n) is 1.20. The second-order valence-electron chi connectivity index (χ2n) is 3.17. The summed E-state index contributed by atoms with van der Waals surface area (Å²) in [6.07, 6.45) is 2.16. The average molecular weight is 274 g/mol. The minimum absolute atomic E-state index is 0.632. The van der Waals surface area contributed by atoms with E-state index in [1.807, 2.05) is 0 Å². The van der Waals surface area contributed by atoms with E-state index in [0.29, 0.717) is 6.66 Å². The fourth-order valence-electron chi connectivity index (χ4n) is 0.493. The lowest BCUT2D eigenvalue weighted by atomic mass is 10.5. The van der Waals surface area contributed by atoms with E-state index in [1.54, 1.807) is 14.2 Å². The Morgan fingerprint density at radius 3 is 1.29 bits per heavy atom. The van der Waals surface area contributed by atoms with Gasteiger partial charge in [-0.05, 0) is 6.66 Å². The van der Waals surface area contributed by atoms with Gasteiger partial charge >= 0.3 is 0 Å². The molecule has 0 aliphatic heterocycles. The molecule has 0 atom stereocenters. The van der Waals surface area contributed by atoms with Crippen LogP contribution < -0.4 is 21.3 Å². The van der Waals surface area contributed by atoms with Gasteiger partial charge in [-0.1, -0.05) is 7.60 Å². The van der Waals surface area contributed by atoms with Crippen molar-refractivity contribution < 1.29 is 35.3 Å². The maximum absolute atomic E-state index is 9.10. The number of ether oxygens (including phenoxy) is 2. The summed E-state index contributed by atoms with van der Waals surface area (Å²) >= 11 is 0. The summed E-state index contributed by atoms with van der Waals surface area (Å²) < 4.78 is 18.6. The molecule has 0 aromatic carbocycles. The molecule has 6 N–H and O–H groups in total. The quantitative estimate of drug-likeness (QED) is 0.394. The van der Waals surface area contributed by atoms with Gasteiger partial charge in [0.2, 0.25) is 0 Å². The molecule has 0 heterocycles. The summed E-state index contributed by atoms with van der Waals surface area (Å²) in [5, 5.41) is 0. The summed E-state index contributed by atoms with van der Waals surface area (Å²) in [6, 6.07) is 0. The Kier molecular flexibility index (Phi) is 24.0. The molecule has 0 aliphatic carbocycles. The first-order valence-corrected chi connectivity index (χ1v) is 7.38. The van der Waals surface area contributed by atoms with Gasteiger partial charge in [-0.2, -0.15) is 0 Å². The van der Waals surface area contributed by atoms with Gasteiger partial charge in [0.05, 0.1) is 26.3 Å². The van der Waals surface area contributed by atoms with Crippen LogP contribution in [0, 0.1) is 0 Å². The summed E-state index contributed by atoms with van der Waals surface area (Å²) in [5.41, 5.74) is 7.29. The van der Waals surface area contributed by atoms with Gasteiger partial charge in [0, 0.05) is 27.1 Å². The van der Waals surface area contributed by atoms with Gasteiger partial charge < -0.3 is 35.3 Å². The molecule has 0 unspecified atom stereocenters. The van der Waals surface area contributed by atoms with Crippen molar-refractivity contribution in [3.8, 4) is 0 Å². The number of rotatable bonds is 6. The Bertz CT molecular complexity index is 141. The maximum Gasteiger partial charge on any atom is 0.0762 e. The number of hydrogen-bond acceptors (Lipinski definition) is 5. The second-order valence-corrected chi connectivity index (χ2v) is 4.71. The largest absolute Gasteiger partial charge is 0.811 e. The summed E-state index contributed by atoms with van der Waals surface area (Å²) in [7, 11) is -0.731. The van der Waals surface area contributed by atoms with Crippen molar-refractivity contribution in [1.82, 2.24) is 0 Å². The van der Waals surface area contributed by atoms with Gasteiger partial charge in [-0.3, -0.25) is 0 Å². The van der Waals surface area contributed by atoms with Crippen LogP contribution in [0.1, 0.15) is 12.8 Å². The van der Waals surface area contributed by atoms with E-state index in [-0.39, 0.29) is 0 Å². The topological polar surface area (TPSA) is 137 Å². The summed E-state index contributed by atoms with van der Waals surface area (Å²) in [4.78, 5) is 18.2. The molecule has 0 aliphatic rings. The highest BCUT2D eigenvalue weighted by Crippen LogP contribution is 2.12. The van der Waals surface area contributed by atoms with Crippen LogP contribution in [-0.2, 0) is 14.0 Å². The molecule has 0 aromatic heterocycles. The number of hydrogen-bond donors (Lipinski definition) is 2. The summed E-state index contributed by atoms with van der Waals surface area (Å²) in [5.74, 6) is 0. The Balaban J connectivity index is -0.000000174. The summed E-state index contributed by atoms with van der Waals surface area (Å²) in [6.45, 7) is 4.29. The molecule has 0 rings (SSSR count). The monoisotopic (exact) mass is 274 g/mol. The molecule has 0 spiro atoms. The van der Waals surface area contributed by atoms with Crippen LogP contribution in [0.15, 0.2) is 0 Å². The average Bonchev–Trinajstić information content (AvgIpc) is 2.22. The molecule has 0 fully saturated rings. The third kappa shape index (κ3) is 87.2. The maximum atomic E-state index is 9.10. The Morgan fingerprint density at radius 1 is 1.00 bits per heavy atom. The minimum Gasteiger partial charge on any atom is -0.811 e. The molecule has 0 aromatic rings. The SMILES string of the molecule is COCCC[NH3+].COCCC[NH3+].CP(=O)([O-])[O-]. The zero-order chi connectivity index (χ0) is 14.2. The molecule has 7 nitrogen and oxygen atoms in total. The lowest BCUT2D eigenvalue weighted by Gasteiger charge is -2.22. The molecule has 8 heteroatoms. The van der Waals surface area contributed by atoms with E-state index >= 15 is 0 Å². The number of methoxy groups -OCH3 is 2. The van der Waals surface area contributed by atoms with Crippen molar-refractivity contribution in [2.24, 2.45) is 0 Å². The standard InChI is InChI=1S/2C4H11NO.CH5O3P/c2*1-6-4-2-3-5;1-5(2,3)4/h2*2-5H2,1H3;1H3,(H2,2,3,4). The van der Waals surface area contributed by atoms with Crippen LogP contribution >= 0.6 is 7.60 Å². The van der Waals surface area contributed by atoms with Crippen molar-refractivity contribution in [2.45, 2.75) is 12.8 Å². The fraction of sp³-hybridized carbons (Fsp3) is 1.00. The van der Waals surface area contributed by atoms with Crippen LogP contribution in [0.4, 0.5) is 0 Å². The first kappa shape index (κ1) is 22.2. The van der Waals surface area contributed by atoms with Crippen LogP contribution in [-0.4, -0.2) is 47.2 Å². The highest BCUT2D eigenvalue weighted by molar-refractivity contribution is 7.47. The van der Waals surface area contributed by atoms with E-state index in [4.69, 9.17) is 23.8 Å². The van der Waals surface area contributed by atoms with Crippen LogP contribution in [0.2, 0.25) is 0 Å². The van der Waals surface area contributed by atoms with Crippen molar-refractivity contribution in [1.29, 1.82) is 0 Å².